The first-order valence-corrected chi connectivity index (χ1v) is 2.72. The number of nitrogens with zero attached hydrogens (tertiary/aromatic N) is 2. The monoisotopic (exact) mass is 190 g/mol. The van der Waals surface area contributed by atoms with E-state index in [1.54, 1.807) is 0 Å². The van der Waals surface area contributed by atoms with Gasteiger partial charge in [-0.2, -0.15) is 9.98 Å². The van der Waals surface area contributed by atoms with Crippen molar-refractivity contribution in [3.8, 4) is 0 Å². The molecule has 13 heavy (non-hydrogen) atoms. The molecule has 0 saturated heterocycles. The SMILES string of the molecule is O=C(O)C(O)O.O=C=NCN=C=O. The van der Waals surface area contributed by atoms with Gasteiger partial charge in [-0.15, -0.1) is 0 Å². The normalized spacial score (nSPS) is 7.31. The number of carbonyl (C=O) groups is 1. The lowest BCUT2D eigenvalue weighted by molar-refractivity contribution is -0.165. The van der Waals surface area contributed by atoms with E-state index in [2.05, 4.69) is 9.98 Å². The molecule has 0 aliphatic rings. The fraction of sp³-hybridized carbons (Fsp3) is 0.400. The van der Waals surface area contributed by atoms with Crippen LogP contribution < -0.4 is 0 Å². The summed E-state index contributed by atoms with van der Waals surface area (Å²) in [5, 5.41) is 22.7. The third-order valence-electron chi connectivity index (χ3n) is 0.491. The summed E-state index contributed by atoms with van der Waals surface area (Å²) in [7, 11) is 0. The largest absolute Gasteiger partial charge is 0.477 e. The summed E-state index contributed by atoms with van der Waals surface area (Å²) in [4.78, 5) is 33.4. The Labute approximate surface area is 71.9 Å². The average molecular weight is 190 g/mol. The minimum atomic E-state index is -2.23. The molecule has 0 unspecified atom stereocenters. The van der Waals surface area contributed by atoms with E-state index in [1.807, 2.05) is 0 Å². The van der Waals surface area contributed by atoms with Gasteiger partial charge in [0.05, 0.1) is 0 Å². The number of isocyanates is 2. The van der Waals surface area contributed by atoms with Crippen molar-refractivity contribution in [3.63, 3.8) is 0 Å². The van der Waals surface area contributed by atoms with Crippen LogP contribution in [0.4, 0.5) is 0 Å². The number of carbonyl (C=O) groups excluding carboxylic acids is 2. The van der Waals surface area contributed by atoms with Crippen LogP contribution in [0, 0.1) is 0 Å². The van der Waals surface area contributed by atoms with Gasteiger partial charge in [-0.1, -0.05) is 0 Å². The Morgan fingerprint density at radius 2 is 1.54 bits per heavy atom. The van der Waals surface area contributed by atoms with E-state index in [1.165, 1.54) is 12.2 Å². The number of carboxylic acid groups (broad SMARTS) is 1. The van der Waals surface area contributed by atoms with Gasteiger partial charge in [0.15, 0.2) is 6.67 Å². The first-order chi connectivity index (χ1) is 6.06. The van der Waals surface area contributed by atoms with Crippen LogP contribution in [0.3, 0.4) is 0 Å². The molecule has 0 atom stereocenters. The van der Waals surface area contributed by atoms with Crippen molar-refractivity contribution in [3.05, 3.63) is 0 Å². The van der Waals surface area contributed by atoms with Crippen molar-refractivity contribution in [2.45, 2.75) is 6.29 Å². The molecule has 0 aromatic carbocycles. The Balaban J connectivity index is 0. The van der Waals surface area contributed by atoms with E-state index >= 15 is 0 Å². The van der Waals surface area contributed by atoms with Gasteiger partial charge in [-0.05, 0) is 0 Å². The molecule has 0 heterocycles. The summed E-state index contributed by atoms with van der Waals surface area (Å²) < 4.78 is 0. The molecule has 0 rings (SSSR count). The highest BCUT2D eigenvalue weighted by Crippen LogP contribution is 1.67. The summed E-state index contributed by atoms with van der Waals surface area (Å²) in [5.74, 6) is -1.63. The van der Waals surface area contributed by atoms with Crippen LogP contribution in [-0.2, 0) is 14.4 Å². The number of rotatable bonds is 3. The van der Waals surface area contributed by atoms with Crippen molar-refractivity contribution in [2.75, 3.05) is 6.67 Å². The first-order valence-electron chi connectivity index (χ1n) is 2.72. The van der Waals surface area contributed by atoms with Crippen molar-refractivity contribution in [1.29, 1.82) is 0 Å². The molecule has 0 bridgehead atoms. The van der Waals surface area contributed by atoms with Crippen LogP contribution in [0.5, 0.6) is 0 Å². The van der Waals surface area contributed by atoms with Crippen LogP contribution >= 0.6 is 0 Å². The van der Waals surface area contributed by atoms with Gasteiger partial charge >= 0.3 is 5.97 Å². The summed E-state index contributed by atoms with van der Waals surface area (Å²) in [6.07, 6.45) is 0.178. The molecule has 0 aliphatic heterocycles. The molecular weight excluding hydrogens is 184 g/mol. The number of aliphatic hydroxyl groups excluding tert-OH is 1. The lowest BCUT2D eigenvalue weighted by Crippen LogP contribution is -2.17. The standard InChI is InChI=1S/C3H2N2O2.C2H4O4/c6-2-4-1-5-3-7;3-1(4)2(5)6/h1H2;1,3-4H,(H,5,6). The number of aliphatic imine (C=N–C) groups is 2. The molecule has 0 amide bonds. The fourth-order valence-electron chi connectivity index (χ4n) is 0.0931. The van der Waals surface area contributed by atoms with Gasteiger partial charge in [-0.25, -0.2) is 14.4 Å². The Bertz CT molecular complexity index is 221. The topological polar surface area (TPSA) is 137 Å². The zero-order valence-corrected chi connectivity index (χ0v) is 6.25. The second-order valence-electron chi connectivity index (χ2n) is 1.35. The lowest BCUT2D eigenvalue weighted by Gasteiger charge is -1.88. The van der Waals surface area contributed by atoms with Crippen LogP contribution in [0.25, 0.3) is 0 Å². The smallest absolute Gasteiger partial charge is 0.360 e. The van der Waals surface area contributed by atoms with Crippen LogP contribution in [0.15, 0.2) is 9.98 Å². The van der Waals surface area contributed by atoms with E-state index in [9.17, 15) is 14.4 Å². The van der Waals surface area contributed by atoms with Gasteiger partial charge in [0.2, 0.25) is 12.2 Å². The second-order valence-corrected chi connectivity index (χ2v) is 1.35. The van der Waals surface area contributed by atoms with Crippen LogP contribution in [-0.4, -0.2) is 46.4 Å². The van der Waals surface area contributed by atoms with Crippen molar-refractivity contribution in [2.24, 2.45) is 9.98 Å². The predicted octanol–water partition coefficient (Wildman–Crippen LogP) is -2.00. The minimum Gasteiger partial charge on any atom is -0.477 e. The Morgan fingerprint density at radius 1 is 1.23 bits per heavy atom. The van der Waals surface area contributed by atoms with Gasteiger partial charge in [0, 0.05) is 0 Å². The van der Waals surface area contributed by atoms with Gasteiger partial charge in [0.1, 0.15) is 0 Å². The van der Waals surface area contributed by atoms with Crippen LogP contribution in [0.1, 0.15) is 0 Å². The Morgan fingerprint density at radius 3 is 1.69 bits per heavy atom. The third kappa shape index (κ3) is 17.8. The van der Waals surface area contributed by atoms with E-state index in [0.717, 1.165) is 0 Å². The van der Waals surface area contributed by atoms with Crippen molar-refractivity contribution in [1.82, 2.24) is 0 Å². The summed E-state index contributed by atoms with van der Waals surface area (Å²) in [6.45, 7) is -0.160. The fourth-order valence-corrected chi connectivity index (χ4v) is 0.0931. The molecular formula is C5H6N2O6. The third-order valence-corrected chi connectivity index (χ3v) is 0.491. The number of hydrogen-bond donors (Lipinski definition) is 3. The highest BCUT2D eigenvalue weighted by molar-refractivity contribution is 5.69. The highest BCUT2D eigenvalue weighted by atomic mass is 16.5. The van der Waals surface area contributed by atoms with Crippen molar-refractivity contribution < 1.29 is 29.7 Å². The summed E-state index contributed by atoms with van der Waals surface area (Å²) in [5.41, 5.74) is 0. The van der Waals surface area contributed by atoms with Gasteiger partial charge < -0.3 is 15.3 Å². The highest BCUT2D eigenvalue weighted by Gasteiger charge is 2.04. The van der Waals surface area contributed by atoms with E-state index in [0.29, 0.717) is 0 Å². The zero-order chi connectivity index (χ0) is 10.7. The van der Waals surface area contributed by atoms with Gasteiger partial charge in [0.25, 0.3) is 6.29 Å². The average Bonchev–Trinajstić information content (AvgIpc) is 2.06. The van der Waals surface area contributed by atoms with Crippen molar-refractivity contribution >= 4 is 18.1 Å². The van der Waals surface area contributed by atoms with E-state index in [-0.39, 0.29) is 6.67 Å². The molecule has 72 valence electrons. The molecule has 3 N–H and O–H groups in total. The minimum absolute atomic E-state index is 0.160. The molecule has 8 nitrogen and oxygen atoms in total. The lowest BCUT2D eigenvalue weighted by atomic mass is 10.7. The number of carboxylic acids is 1. The quantitative estimate of drug-likeness (QED) is 0.267. The zero-order valence-electron chi connectivity index (χ0n) is 6.25. The molecule has 0 aromatic heterocycles. The number of aliphatic carboxylic acids is 1. The maximum absolute atomic E-state index is 9.20. The van der Waals surface area contributed by atoms with Gasteiger partial charge in [-0.3, -0.25) is 0 Å². The Hall–Kier alpha value is -1.85. The molecule has 0 saturated carbocycles. The summed E-state index contributed by atoms with van der Waals surface area (Å²) in [6, 6.07) is 0. The van der Waals surface area contributed by atoms with E-state index < -0.39 is 12.3 Å². The van der Waals surface area contributed by atoms with E-state index in [4.69, 9.17) is 15.3 Å². The molecule has 0 spiro atoms. The number of aliphatic hydroxyl groups is 2. The molecule has 0 fully saturated rings. The number of hydrogen-bond acceptors (Lipinski definition) is 7. The first kappa shape index (κ1) is 13.7. The molecule has 8 heteroatoms. The Kier molecular flexibility index (Phi) is 10.7. The maximum atomic E-state index is 9.20. The molecule has 0 aliphatic carbocycles. The second kappa shape index (κ2) is 10.2. The molecule has 0 aromatic rings. The maximum Gasteiger partial charge on any atom is 0.360 e. The predicted molar refractivity (Wildman–Crippen MR) is 37.0 cm³/mol. The summed E-state index contributed by atoms with van der Waals surface area (Å²) >= 11 is 0. The van der Waals surface area contributed by atoms with Crippen LogP contribution in [0.2, 0.25) is 0 Å². The molecule has 0 radical (unpaired) electrons.